The minimum Gasteiger partial charge on any atom is -0.494 e. The van der Waals surface area contributed by atoms with Gasteiger partial charge in [-0.05, 0) is 39.0 Å². The highest BCUT2D eigenvalue weighted by molar-refractivity contribution is 14.0. The predicted molar refractivity (Wildman–Crippen MR) is 137 cm³/mol. The third-order valence-corrected chi connectivity index (χ3v) is 4.87. The number of halogens is 1. The van der Waals surface area contributed by atoms with Crippen molar-refractivity contribution in [3.63, 3.8) is 0 Å². The Labute approximate surface area is 202 Å². The van der Waals surface area contributed by atoms with Gasteiger partial charge in [0.1, 0.15) is 23.4 Å². The van der Waals surface area contributed by atoms with Crippen molar-refractivity contribution in [2.45, 2.75) is 46.4 Å². The quantitative estimate of drug-likeness (QED) is 0.303. The first-order chi connectivity index (χ1) is 14.5. The van der Waals surface area contributed by atoms with Crippen molar-refractivity contribution in [1.82, 2.24) is 15.6 Å². The van der Waals surface area contributed by atoms with Gasteiger partial charge in [-0.3, -0.25) is 0 Å². The van der Waals surface area contributed by atoms with E-state index in [-0.39, 0.29) is 30.1 Å². The number of aromatic nitrogens is 1. The van der Waals surface area contributed by atoms with Gasteiger partial charge in [0, 0.05) is 56.5 Å². The normalized spacial score (nSPS) is 14.9. The number of nitrogens with one attached hydrogen (secondary N) is 2. The zero-order chi connectivity index (χ0) is 21.5. The topological polar surface area (TPSA) is 71.0 Å². The van der Waals surface area contributed by atoms with Gasteiger partial charge in [0.05, 0.1) is 13.2 Å². The third kappa shape index (κ3) is 6.62. The van der Waals surface area contributed by atoms with Crippen LogP contribution < -0.4 is 25.0 Å². The molecule has 0 amide bonds. The van der Waals surface area contributed by atoms with E-state index in [9.17, 15) is 0 Å². The summed E-state index contributed by atoms with van der Waals surface area (Å²) in [6, 6.07) is 8.20. The van der Waals surface area contributed by atoms with Crippen molar-refractivity contribution >= 4 is 35.8 Å². The second-order valence-corrected chi connectivity index (χ2v) is 7.56. The number of rotatable bonds is 8. The fourth-order valence-electron chi connectivity index (χ4n) is 3.55. The average molecular weight is 539 g/mol. The standard InChI is InChI=1S/C23H33N5O2.HI/c1-6-24-23(26-14-17-9-8-10-25-22(17)28(4)5)27-15-19-13-21-18(11-16(3)30-21)12-20(19)29-7-2;/h8-10,12-13,16H,6-7,11,14-15H2,1-5H3,(H2,24,26,27);1H. The van der Waals surface area contributed by atoms with Crippen LogP contribution in [0.1, 0.15) is 37.5 Å². The van der Waals surface area contributed by atoms with E-state index < -0.39 is 0 Å². The molecule has 2 heterocycles. The molecule has 2 N–H and O–H groups in total. The number of guanidine groups is 1. The van der Waals surface area contributed by atoms with E-state index in [0.717, 1.165) is 47.4 Å². The Morgan fingerprint density at radius 3 is 2.77 bits per heavy atom. The van der Waals surface area contributed by atoms with E-state index in [1.807, 2.05) is 38.2 Å². The predicted octanol–water partition coefficient (Wildman–Crippen LogP) is 3.74. The van der Waals surface area contributed by atoms with E-state index in [4.69, 9.17) is 14.5 Å². The monoisotopic (exact) mass is 539 g/mol. The van der Waals surface area contributed by atoms with Crippen LogP contribution in [0.3, 0.4) is 0 Å². The third-order valence-electron chi connectivity index (χ3n) is 4.87. The van der Waals surface area contributed by atoms with Gasteiger partial charge in [0.2, 0.25) is 0 Å². The van der Waals surface area contributed by atoms with Crippen LogP contribution in [0.5, 0.6) is 11.5 Å². The van der Waals surface area contributed by atoms with Crippen molar-refractivity contribution in [3.8, 4) is 11.5 Å². The van der Waals surface area contributed by atoms with Gasteiger partial charge in [-0.15, -0.1) is 24.0 Å². The number of hydrogen-bond acceptors (Lipinski definition) is 5. The molecular weight excluding hydrogens is 505 g/mol. The molecule has 0 spiro atoms. The first kappa shape index (κ1) is 25.0. The molecule has 7 nitrogen and oxygen atoms in total. The molecule has 1 aromatic heterocycles. The van der Waals surface area contributed by atoms with Gasteiger partial charge in [0.15, 0.2) is 5.96 Å². The van der Waals surface area contributed by atoms with E-state index in [1.165, 1.54) is 5.56 Å². The summed E-state index contributed by atoms with van der Waals surface area (Å²) >= 11 is 0. The van der Waals surface area contributed by atoms with Crippen LogP contribution in [-0.2, 0) is 19.5 Å². The zero-order valence-electron chi connectivity index (χ0n) is 19.1. The lowest BCUT2D eigenvalue weighted by atomic mass is 10.1. The summed E-state index contributed by atoms with van der Waals surface area (Å²) in [6.07, 6.45) is 2.93. The highest BCUT2D eigenvalue weighted by Crippen LogP contribution is 2.35. The lowest BCUT2D eigenvalue weighted by molar-refractivity contribution is 0.254. The molecule has 1 aromatic carbocycles. The Hall–Kier alpha value is -2.23. The summed E-state index contributed by atoms with van der Waals surface area (Å²) in [7, 11) is 3.99. The summed E-state index contributed by atoms with van der Waals surface area (Å²) in [4.78, 5) is 11.3. The Kier molecular flexibility index (Phi) is 9.67. The number of pyridine rings is 1. The number of aliphatic imine (C=N–C) groups is 1. The Bertz CT molecular complexity index is 888. The van der Waals surface area contributed by atoms with Gasteiger partial charge in [0.25, 0.3) is 0 Å². The highest BCUT2D eigenvalue weighted by Gasteiger charge is 2.21. The molecule has 3 rings (SSSR count). The van der Waals surface area contributed by atoms with Crippen LogP contribution in [0.25, 0.3) is 0 Å². The number of fused-ring (bicyclic) bond motifs is 1. The van der Waals surface area contributed by atoms with Gasteiger partial charge < -0.3 is 25.0 Å². The van der Waals surface area contributed by atoms with Gasteiger partial charge in [-0.1, -0.05) is 6.07 Å². The van der Waals surface area contributed by atoms with Crippen LogP contribution in [0, 0.1) is 0 Å². The first-order valence-electron chi connectivity index (χ1n) is 10.6. The number of benzene rings is 1. The molecule has 8 heteroatoms. The fraction of sp³-hybridized carbons (Fsp3) is 0.478. The molecule has 0 radical (unpaired) electrons. The van der Waals surface area contributed by atoms with Crippen LogP contribution >= 0.6 is 24.0 Å². The molecule has 0 aliphatic carbocycles. The summed E-state index contributed by atoms with van der Waals surface area (Å²) in [5, 5.41) is 6.73. The molecule has 1 aliphatic heterocycles. The molecule has 0 bridgehead atoms. The molecule has 0 saturated heterocycles. The summed E-state index contributed by atoms with van der Waals surface area (Å²) < 4.78 is 11.8. The number of hydrogen-bond donors (Lipinski definition) is 2. The van der Waals surface area contributed by atoms with Gasteiger partial charge in [-0.25, -0.2) is 9.98 Å². The van der Waals surface area contributed by atoms with Crippen LogP contribution in [0.4, 0.5) is 5.82 Å². The Balaban J connectivity index is 0.00000341. The van der Waals surface area contributed by atoms with Crippen molar-refractivity contribution in [1.29, 1.82) is 0 Å². The maximum absolute atomic E-state index is 5.93. The zero-order valence-corrected chi connectivity index (χ0v) is 21.4. The lowest BCUT2D eigenvalue weighted by Gasteiger charge is -2.17. The van der Waals surface area contributed by atoms with Crippen molar-refractivity contribution in [3.05, 3.63) is 47.2 Å². The first-order valence-corrected chi connectivity index (χ1v) is 10.6. The van der Waals surface area contributed by atoms with Gasteiger partial charge >= 0.3 is 0 Å². The lowest BCUT2D eigenvalue weighted by Crippen LogP contribution is -2.37. The summed E-state index contributed by atoms with van der Waals surface area (Å²) in [5.74, 6) is 3.53. The minimum atomic E-state index is 0. The second-order valence-electron chi connectivity index (χ2n) is 7.56. The van der Waals surface area contributed by atoms with Gasteiger partial charge in [-0.2, -0.15) is 0 Å². The minimum absolute atomic E-state index is 0. The highest BCUT2D eigenvalue weighted by atomic mass is 127. The molecular formula is C23H34IN5O2. The smallest absolute Gasteiger partial charge is 0.191 e. The van der Waals surface area contributed by atoms with Crippen LogP contribution in [-0.4, -0.2) is 44.3 Å². The molecule has 1 unspecified atom stereocenters. The maximum atomic E-state index is 5.93. The average Bonchev–Trinajstić information content (AvgIpc) is 3.09. The molecule has 31 heavy (non-hydrogen) atoms. The largest absolute Gasteiger partial charge is 0.494 e. The molecule has 1 atom stereocenters. The maximum Gasteiger partial charge on any atom is 0.191 e. The molecule has 0 saturated carbocycles. The van der Waals surface area contributed by atoms with E-state index in [0.29, 0.717) is 19.7 Å². The number of ether oxygens (including phenoxy) is 2. The number of nitrogens with zero attached hydrogens (tertiary/aromatic N) is 3. The van der Waals surface area contributed by atoms with E-state index in [1.54, 1.807) is 0 Å². The Morgan fingerprint density at radius 1 is 1.26 bits per heavy atom. The Morgan fingerprint density at radius 2 is 2.06 bits per heavy atom. The van der Waals surface area contributed by atoms with E-state index >= 15 is 0 Å². The SMILES string of the molecule is CCNC(=NCc1cc2c(cc1OCC)CC(C)O2)NCc1cccnc1N(C)C.I. The number of anilines is 1. The molecule has 170 valence electrons. The van der Waals surface area contributed by atoms with Crippen molar-refractivity contribution < 1.29 is 9.47 Å². The summed E-state index contributed by atoms with van der Waals surface area (Å²) in [6.45, 7) is 8.69. The molecule has 2 aromatic rings. The van der Waals surface area contributed by atoms with Crippen molar-refractivity contribution in [2.24, 2.45) is 4.99 Å². The second kappa shape index (κ2) is 12.0. The van der Waals surface area contributed by atoms with E-state index in [2.05, 4.69) is 47.7 Å². The molecule has 1 aliphatic rings. The summed E-state index contributed by atoms with van der Waals surface area (Å²) in [5.41, 5.74) is 3.34. The fourth-order valence-corrected chi connectivity index (χ4v) is 3.55. The van der Waals surface area contributed by atoms with Crippen LogP contribution in [0.2, 0.25) is 0 Å². The van der Waals surface area contributed by atoms with Crippen LogP contribution in [0.15, 0.2) is 35.5 Å². The molecule has 0 fully saturated rings. The van der Waals surface area contributed by atoms with Crippen molar-refractivity contribution in [2.75, 3.05) is 32.1 Å².